The standard InChI is InChI=1S/C12H22N4O4/c1-12(2,15(3)4)7-14-11(20)16-6-9(17)13-5-8(16)10(18)19/h8H,5-7H2,1-4H3,(H,13,17)(H,14,20)(H,18,19). The number of carbonyl (C=O) groups is 3. The number of nitrogens with one attached hydrogen (secondary N) is 2. The lowest BCUT2D eigenvalue weighted by atomic mass is 10.0. The van der Waals surface area contributed by atoms with Gasteiger partial charge >= 0.3 is 12.0 Å². The van der Waals surface area contributed by atoms with E-state index < -0.39 is 18.0 Å². The summed E-state index contributed by atoms with van der Waals surface area (Å²) in [6.07, 6.45) is 0. The van der Waals surface area contributed by atoms with Gasteiger partial charge in [-0.2, -0.15) is 0 Å². The summed E-state index contributed by atoms with van der Waals surface area (Å²) in [6.45, 7) is 3.93. The average molecular weight is 286 g/mol. The third-order valence-electron chi connectivity index (χ3n) is 3.61. The van der Waals surface area contributed by atoms with Gasteiger partial charge in [-0.1, -0.05) is 0 Å². The number of hydrogen-bond donors (Lipinski definition) is 3. The molecule has 1 aliphatic rings. The van der Waals surface area contributed by atoms with Crippen LogP contribution in [0.25, 0.3) is 0 Å². The number of hydrogen-bond acceptors (Lipinski definition) is 4. The normalized spacial score (nSPS) is 19.8. The SMILES string of the molecule is CN(C)C(C)(C)CNC(=O)N1CC(=O)NCC1C(=O)O. The molecule has 0 spiro atoms. The molecular weight excluding hydrogens is 264 g/mol. The Kier molecular flexibility index (Phi) is 4.93. The van der Waals surface area contributed by atoms with Crippen molar-refractivity contribution < 1.29 is 19.5 Å². The molecule has 1 aliphatic heterocycles. The molecule has 0 aliphatic carbocycles. The Morgan fingerprint density at radius 3 is 2.60 bits per heavy atom. The second-order valence-electron chi connectivity index (χ2n) is 5.65. The lowest BCUT2D eigenvalue weighted by molar-refractivity contribution is -0.144. The minimum Gasteiger partial charge on any atom is -0.480 e. The molecule has 1 heterocycles. The first kappa shape index (κ1) is 16.2. The van der Waals surface area contributed by atoms with Crippen LogP contribution in [0.5, 0.6) is 0 Å². The van der Waals surface area contributed by atoms with Crippen LogP contribution in [0.2, 0.25) is 0 Å². The number of urea groups is 1. The van der Waals surface area contributed by atoms with E-state index in [4.69, 9.17) is 5.11 Å². The van der Waals surface area contributed by atoms with Crippen LogP contribution in [0.1, 0.15) is 13.8 Å². The molecule has 1 atom stereocenters. The average Bonchev–Trinajstić information content (AvgIpc) is 2.35. The van der Waals surface area contributed by atoms with Crippen molar-refractivity contribution in [1.82, 2.24) is 20.4 Å². The Labute approximate surface area is 118 Å². The summed E-state index contributed by atoms with van der Waals surface area (Å²) < 4.78 is 0. The van der Waals surface area contributed by atoms with E-state index in [0.29, 0.717) is 6.54 Å². The van der Waals surface area contributed by atoms with Crippen molar-refractivity contribution in [2.24, 2.45) is 0 Å². The smallest absolute Gasteiger partial charge is 0.328 e. The van der Waals surface area contributed by atoms with E-state index >= 15 is 0 Å². The zero-order valence-electron chi connectivity index (χ0n) is 12.3. The minimum absolute atomic E-state index is 0.0708. The Morgan fingerprint density at radius 2 is 2.10 bits per heavy atom. The van der Waals surface area contributed by atoms with Crippen LogP contribution in [-0.2, 0) is 9.59 Å². The lowest BCUT2D eigenvalue weighted by Crippen LogP contribution is -2.62. The molecule has 1 unspecified atom stereocenters. The topological polar surface area (TPSA) is 102 Å². The zero-order valence-corrected chi connectivity index (χ0v) is 12.3. The molecule has 114 valence electrons. The number of nitrogens with zero attached hydrogens (tertiary/aromatic N) is 2. The number of carbonyl (C=O) groups excluding carboxylic acids is 2. The summed E-state index contributed by atoms with van der Waals surface area (Å²) >= 11 is 0. The molecular formula is C12H22N4O4. The van der Waals surface area contributed by atoms with Crippen molar-refractivity contribution in [2.45, 2.75) is 25.4 Å². The quantitative estimate of drug-likeness (QED) is 0.610. The predicted molar refractivity (Wildman–Crippen MR) is 72.3 cm³/mol. The maximum Gasteiger partial charge on any atom is 0.328 e. The lowest BCUT2D eigenvalue weighted by Gasteiger charge is -2.36. The third kappa shape index (κ3) is 3.83. The summed E-state index contributed by atoms with van der Waals surface area (Å²) in [7, 11) is 3.78. The summed E-state index contributed by atoms with van der Waals surface area (Å²) in [5.74, 6) is -1.49. The fraction of sp³-hybridized carbons (Fsp3) is 0.750. The maximum atomic E-state index is 12.1. The van der Waals surface area contributed by atoms with Crippen molar-refractivity contribution in [2.75, 3.05) is 33.7 Å². The molecule has 0 radical (unpaired) electrons. The number of carboxylic acids is 1. The zero-order chi connectivity index (χ0) is 15.5. The van der Waals surface area contributed by atoms with Gasteiger partial charge in [0.15, 0.2) is 0 Å². The highest BCUT2D eigenvalue weighted by molar-refractivity contribution is 5.90. The fourth-order valence-corrected chi connectivity index (χ4v) is 1.63. The predicted octanol–water partition coefficient (Wildman–Crippen LogP) is -1.08. The summed E-state index contributed by atoms with van der Waals surface area (Å²) in [4.78, 5) is 37.5. The van der Waals surface area contributed by atoms with E-state index in [9.17, 15) is 14.4 Å². The molecule has 1 fully saturated rings. The Bertz CT molecular complexity index is 408. The second kappa shape index (κ2) is 6.08. The molecule has 1 saturated heterocycles. The van der Waals surface area contributed by atoms with Gasteiger partial charge in [-0.05, 0) is 27.9 Å². The van der Waals surface area contributed by atoms with Crippen LogP contribution in [0, 0.1) is 0 Å². The van der Waals surface area contributed by atoms with Gasteiger partial charge in [0.25, 0.3) is 0 Å². The number of likely N-dealkylation sites (N-methyl/N-ethyl adjacent to an activating group) is 1. The first-order valence-corrected chi connectivity index (χ1v) is 6.36. The molecule has 0 bridgehead atoms. The molecule has 0 saturated carbocycles. The van der Waals surface area contributed by atoms with Crippen LogP contribution in [-0.4, -0.2) is 78.1 Å². The van der Waals surface area contributed by atoms with Gasteiger partial charge in [-0.3, -0.25) is 9.69 Å². The van der Waals surface area contributed by atoms with E-state index in [-0.39, 0.29) is 24.5 Å². The number of amides is 3. The van der Waals surface area contributed by atoms with Crippen molar-refractivity contribution in [3.05, 3.63) is 0 Å². The van der Waals surface area contributed by atoms with Gasteiger partial charge in [0, 0.05) is 18.6 Å². The molecule has 8 nitrogen and oxygen atoms in total. The van der Waals surface area contributed by atoms with Crippen LogP contribution in [0.4, 0.5) is 4.79 Å². The van der Waals surface area contributed by atoms with Crippen molar-refractivity contribution in [3.8, 4) is 0 Å². The molecule has 3 amide bonds. The minimum atomic E-state index is -1.13. The fourth-order valence-electron chi connectivity index (χ4n) is 1.63. The highest BCUT2D eigenvalue weighted by atomic mass is 16.4. The van der Waals surface area contributed by atoms with Crippen molar-refractivity contribution >= 4 is 17.9 Å². The van der Waals surface area contributed by atoms with E-state index in [2.05, 4.69) is 10.6 Å². The second-order valence-corrected chi connectivity index (χ2v) is 5.65. The van der Waals surface area contributed by atoms with Crippen LogP contribution >= 0.6 is 0 Å². The maximum absolute atomic E-state index is 12.1. The highest BCUT2D eigenvalue weighted by Gasteiger charge is 2.35. The number of piperazine rings is 1. The summed E-state index contributed by atoms with van der Waals surface area (Å²) in [6, 6.07) is -1.57. The third-order valence-corrected chi connectivity index (χ3v) is 3.61. The van der Waals surface area contributed by atoms with E-state index in [0.717, 1.165) is 4.90 Å². The molecule has 20 heavy (non-hydrogen) atoms. The molecule has 3 N–H and O–H groups in total. The van der Waals surface area contributed by atoms with E-state index in [1.807, 2.05) is 32.8 Å². The monoisotopic (exact) mass is 286 g/mol. The largest absolute Gasteiger partial charge is 0.480 e. The number of aliphatic carboxylic acids is 1. The van der Waals surface area contributed by atoms with E-state index in [1.165, 1.54) is 0 Å². The Balaban J connectivity index is 2.68. The molecule has 0 aromatic carbocycles. The van der Waals surface area contributed by atoms with Gasteiger partial charge in [0.05, 0.1) is 0 Å². The summed E-state index contributed by atoms with van der Waals surface area (Å²) in [5, 5.41) is 14.2. The van der Waals surface area contributed by atoms with Crippen LogP contribution in [0.3, 0.4) is 0 Å². The molecule has 8 heteroatoms. The van der Waals surface area contributed by atoms with Gasteiger partial charge in [0.2, 0.25) is 5.91 Å². The van der Waals surface area contributed by atoms with Crippen molar-refractivity contribution in [3.63, 3.8) is 0 Å². The van der Waals surface area contributed by atoms with Crippen LogP contribution in [0.15, 0.2) is 0 Å². The summed E-state index contributed by atoms with van der Waals surface area (Å²) in [5.41, 5.74) is -0.271. The Hall–Kier alpha value is -1.83. The number of carboxylic acid groups (broad SMARTS) is 1. The van der Waals surface area contributed by atoms with Gasteiger partial charge in [0.1, 0.15) is 12.6 Å². The first-order chi connectivity index (χ1) is 9.15. The number of rotatable bonds is 4. The van der Waals surface area contributed by atoms with Crippen LogP contribution < -0.4 is 10.6 Å². The van der Waals surface area contributed by atoms with Gasteiger partial charge < -0.3 is 20.6 Å². The first-order valence-electron chi connectivity index (χ1n) is 6.36. The highest BCUT2D eigenvalue weighted by Crippen LogP contribution is 2.09. The molecule has 0 aromatic heterocycles. The van der Waals surface area contributed by atoms with Gasteiger partial charge in [-0.15, -0.1) is 0 Å². The van der Waals surface area contributed by atoms with Crippen molar-refractivity contribution in [1.29, 1.82) is 0 Å². The van der Waals surface area contributed by atoms with E-state index in [1.54, 1.807) is 0 Å². The van der Waals surface area contributed by atoms with Gasteiger partial charge in [-0.25, -0.2) is 9.59 Å². The molecule has 0 aromatic rings. The molecule has 1 rings (SSSR count). The Morgan fingerprint density at radius 1 is 1.50 bits per heavy atom.